The van der Waals surface area contributed by atoms with Gasteiger partial charge in [-0.1, -0.05) is 13.5 Å². The highest BCUT2D eigenvalue weighted by Crippen LogP contribution is 2.33. The van der Waals surface area contributed by atoms with Crippen LogP contribution in [0.4, 0.5) is 0 Å². The van der Waals surface area contributed by atoms with Crippen LogP contribution in [-0.2, 0) is 6.42 Å². The molecule has 0 aliphatic heterocycles. The van der Waals surface area contributed by atoms with Gasteiger partial charge in [0.25, 0.3) is 0 Å². The van der Waals surface area contributed by atoms with Crippen LogP contribution >= 0.6 is 11.3 Å². The van der Waals surface area contributed by atoms with Crippen molar-refractivity contribution in [3.63, 3.8) is 0 Å². The predicted molar refractivity (Wildman–Crippen MR) is 83.1 cm³/mol. The van der Waals surface area contributed by atoms with E-state index < -0.39 is 0 Å². The van der Waals surface area contributed by atoms with Crippen molar-refractivity contribution >= 4 is 27.2 Å². The Bertz CT molecular complexity index is 614. The van der Waals surface area contributed by atoms with Gasteiger partial charge in [-0.2, -0.15) is 0 Å². The summed E-state index contributed by atoms with van der Waals surface area (Å²) in [7, 11) is 1.66. The normalized spacial score (nSPS) is 10.7. The maximum atomic E-state index is 12.1. The molecule has 0 saturated carbocycles. The Morgan fingerprint density at radius 2 is 2.10 bits per heavy atom. The van der Waals surface area contributed by atoms with Gasteiger partial charge in [0, 0.05) is 17.5 Å². The number of hydrogen-bond acceptors (Lipinski definition) is 4. The van der Waals surface area contributed by atoms with Gasteiger partial charge < -0.3 is 9.84 Å². The van der Waals surface area contributed by atoms with Crippen LogP contribution in [-0.4, -0.2) is 18.0 Å². The molecule has 4 heteroatoms. The summed E-state index contributed by atoms with van der Waals surface area (Å²) >= 11 is 1.49. The average molecular weight is 290 g/mol. The number of aliphatic hydroxyl groups excluding tert-OH is 1. The van der Waals surface area contributed by atoms with Crippen LogP contribution in [0.3, 0.4) is 0 Å². The quantitative estimate of drug-likeness (QED) is 0.629. The third kappa shape index (κ3) is 3.02. The van der Waals surface area contributed by atoms with Gasteiger partial charge >= 0.3 is 0 Å². The number of Topliss-reactive ketones (excluding diaryl/α,β-unsaturated/α-hetero) is 1. The van der Waals surface area contributed by atoms with E-state index in [0.717, 1.165) is 32.7 Å². The summed E-state index contributed by atoms with van der Waals surface area (Å²) in [5, 5.41) is 10.1. The molecule has 1 heterocycles. The van der Waals surface area contributed by atoms with Crippen LogP contribution in [0.2, 0.25) is 0 Å². The van der Waals surface area contributed by atoms with Crippen molar-refractivity contribution in [2.75, 3.05) is 7.11 Å². The zero-order chi connectivity index (χ0) is 14.7. The summed E-state index contributed by atoms with van der Waals surface area (Å²) in [4.78, 5) is 12.8. The van der Waals surface area contributed by atoms with Crippen LogP contribution in [0, 0.1) is 0 Å². The summed E-state index contributed by atoms with van der Waals surface area (Å²) in [6.45, 7) is 5.48. The first kappa shape index (κ1) is 14.6. The molecule has 0 fully saturated rings. The number of allylic oxidation sites excluding steroid dienone is 1. The first-order chi connectivity index (χ1) is 9.55. The Balaban J connectivity index is 2.33. The molecule has 1 aromatic carbocycles. The number of aryl methyl sites for hydroxylation is 1. The Hall–Kier alpha value is -1.81. The summed E-state index contributed by atoms with van der Waals surface area (Å²) in [6.07, 6.45) is 1.50. The molecule has 0 radical (unpaired) electrons. The number of ketones is 1. The second kappa shape index (κ2) is 6.09. The number of ether oxygens (including phenoxy) is 1. The molecule has 0 spiro atoms. The van der Waals surface area contributed by atoms with Crippen molar-refractivity contribution < 1.29 is 14.6 Å². The molecule has 0 bridgehead atoms. The molecule has 3 nitrogen and oxygen atoms in total. The Kier molecular flexibility index (Phi) is 4.45. The van der Waals surface area contributed by atoms with Crippen LogP contribution in [0.5, 0.6) is 5.75 Å². The number of carbonyl (C=O) groups excluding carboxylic acids is 1. The van der Waals surface area contributed by atoms with Gasteiger partial charge in [-0.05, 0) is 35.6 Å². The molecular weight excluding hydrogens is 272 g/mol. The van der Waals surface area contributed by atoms with Crippen molar-refractivity contribution in [1.29, 1.82) is 0 Å². The first-order valence-corrected chi connectivity index (χ1v) is 7.37. The highest BCUT2D eigenvalue weighted by Gasteiger charge is 2.13. The smallest absolute Gasteiger partial charge is 0.173 e. The van der Waals surface area contributed by atoms with Crippen molar-refractivity contribution in [1.82, 2.24) is 0 Å². The van der Waals surface area contributed by atoms with E-state index in [2.05, 4.69) is 19.6 Å². The Morgan fingerprint density at radius 1 is 1.35 bits per heavy atom. The van der Waals surface area contributed by atoms with Gasteiger partial charge in [0.2, 0.25) is 0 Å². The lowest BCUT2D eigenvalue weighted by atomic mass is 10.1. The van der Waals surface area contributed by atoms with E-state index in [4.69, 9.17) is 9.84 Å². The standard InChI is InChI=1S/C16H18O3S/c1-4-11-8-15-12(7-14(11)19-3)9-16(20-15)13(18)6-5-10(2)17/h7-9,17H,2,4-6H2,1,3H3. The second-order valence-electron chi connectivity index (χ2n) is 4.66. The van der Waals surface area contributed by atoms with Gasteiger partial charge in [-0.15, -0.1) is 11.3 Å². The van der Waals surface area contributed by atoms with Crippen molar-refractivity contribution in [2.24, 2.45) is 0 Å². The first-order valence-electron chi connectivity index (χ1n) is 6.55. The lowest BCUT2D eigenvalue weighted by molar-refractivity contribution is 0.0982. The predicted octanol–water partition coefficient (Wildman–Crippen LogP) is 4.51. The van der Waals surface area contributed by atoms with Crippen LogP contribution in [0.25, 0.3) is 10.1 Å². The average Bonchev–Trinajstić information content (AvgIpc) is 2.85. The zero-order valence-electron chi connectivity index (χ0n) is 11.7. The van der Waals surface area contributed by atoms with Crippen LogP contribution in [0.15, 0.2) is 30.5 Å². The molecule has 0 aliphatic carbocycles. The number of thiophene rings is 1. The Labute approximate surface area is 122 Å². The van der Waals surface area contributed by atoms with Gasteiger partial charge in [-0.3, -0.25) is 4.79 Å². The molecule has 1 N–H and O–H groups in total. The van der Waals surface area contributed by atoms with Crippen molar-refractivity contribution in [3.05, 3.63) is 41.0 Å². The van der Waals surface area contributed by atoms with E-state index in [1.54, 1.807) is 7.11 Å². The topological polar surface area (TPSA) is 46.5 Å². The second-order valence-corrected chi connectivity index (χ2v) is 5.74. The maximum Gasteiger partial charge on any atom is 0.173 e. The summed E-state index contributed by atoms with van der Waals surface area (Å²) in [6, 6.07) is 5.96. The molecule has 2 rings (SSSR count). The van der Waals surface area contributed by atoms with E-state index in [9.17, 15) is 4.79 Å². The molecule has 0 aliphatic rings. The molecule has 1 aromatic heterocycles. The fraction of sp³-hybridized carbons (Fsp3) is 0.312. The number of rotatable bonds is 6. The number of benzene rings is 1. The molecule has 0 amide bonds. The largest absolute Gasteiger partial charge is 0.513 e. The number of hydrogen-bond donors (Lipinski definition) is 1. The fourth-order valence-electron chi connectivity index (χ4n) is 2.09. The highest BCUT2D eigenvalue weighted by atomic mass is 32.1. The van der Waals surface area contributed by atoms with Gasteiger partial charge in [-0.25, -0.2) is 0 Å². The maximum absolute atomic E-state index is 12.1. The molecule has 0 unspecified atom stereocenters. The number of methoxy groups -OCH3 is 1. The third-order valence-electron chi connectivity index (χ3n) is 3.22. The van der Waals surface area contributed by atoms with E-state index in [1.165, 1.54) is 11.3 Å². The van der Waals surface area contributed by atoms with Crippen LogP contribution in [0.1, 0.15) is 35.0 Å². The van der Waals surface area contributed by atoms with Gasteiger partial charge in [0.05, 0.1) is 17.7 Å². The van der Waals surface area contributed by atoms with Gasteiger partial charge in [0.1, 0.15) is 5.75 Å². The molecule has 106 valence electrons. The minimum Gasteiger partial charge on any atom is -0.513 e. The Morgan fingerprint density at radius 3 is 2.70 bits per heavy atom. The van der Waals surface area contributed by atoms with Gasteiger partial charge in [0.15, 0.2) is 5.78 Å². The number of aliphatic hydroxyl groups is 1. The minimum absolute atomic E-state index is 0.0402. The third-order valence-corrected chi connectivity index (χ3v) is 4.35. The summed E-state index contributed by atoms with van der Waals surface area (Å²) < 4.78 is 6.46. The van der Waals surface area contributed by atoms with E-state index >= 15 is 0 Å². The molecule has 0 atom stereocenters. The molecule has 0 saturated heterocycles. The molecular formula is C16H18O3S. The number of fused-ring (bicyclic) bond motifs is 1. The highest BCUT2D eigenvalue weighted by molar-refractivity contribution is 7.20. The zero-order valence-corrected chi connectivity index (χ0v) is 12.5. The monoisotopic (exact) mass is 290 g/mol. The molecule has 20 heavy (non-hydrogen) atoms. The van der Waals surface area contributed by atoms with Crippen molar-refractivity contribution in [3.8, 4) is 5.75 Å². The summed E-state index contributed by atoms with van der Waals surface area (Å²) in [5.74, 6) is 0.952. The summed E-state index contributed by atoms with van der Waals surface area (Å²) in [5.41, 5.74) is 1.14. The van der Waals surface area contributed by atoms with E-state index in [-0.39, 0.29) is 11.5 Å². The number of carbonyl (C=O) groups is 1. The van der Waals surface area contributed by atoms with E-state index in [1.807, 2.05) is 12.1 Å². The van der Waals surface area contributed by atoms with E-state index in [0.29, 0.717) is 12.8 Å². The van der Waals surface area contributed by atoms with Crippen LogP contribution < -0.4 is 4.74 Å². The fourth-order valence-corrected chi connectivity index (χ4v) is 3.17. The SMILES string of the molecule is C=C(O)CCC(=O)c1cc2cc(OC)c(CC)cc2s1. The lowest BCUT2D eigenvalue weighted by Gasteiger charge is -2.05. The van der Waals surface area contributed by atoms with Crippen molar-refractivity contribution in [2.45, 2.75) is 26.2 Å². The molecule has 2 aromatic rings. The minimum atomic E-state index is 0.0402. The lowest BCUT2D eigenvalue weighted by Crippen LogP contribution is -1.96.